The quantitative estimate of drug-likeness (QED) is 0.680. The van der Waals surface area contributed by atoms with E-state index < -0.39 is 0 Å². The number of anilines is 3. The average Bonchev–Trinajstić information content (AvgIpc) is 3.24. The zero-order valence-corrected chi connectivity index (χ0v) is 15.3. The number of rotatable bonds is 6. The summed E-state index contributed by atoms with van der Waals surface area (Å²) in [7, 11) is 3.16. The fraction of sp³-hybridized carbons (Fsp3) is 0.200. The van der Waals surface area contributed by atoms with Gasteiger partial charge in [0.1, 0.15) is 22.2 Å². The molecular weight excluding hydrogens is 362 g/mol. The van der Waals surface area contributed by atoms with Crippen LogP contribution in [-0.2, 0) is 0 Å². The number of methoxy groups -OCH3 is 2. The summed E-state index contributed by atoms with van der Waals surface area (Å²) in [6.45, 7) is 1.82. The molecule has 0 aliphatic heterocycles. The summed E-state index contributed by atoms with van der Waals surface area (Å²) in [6, 6.07) is 5.40. The van der Waals surface area contributed by atoms with Crippen molar-refractivity contribution in [3.8, 4) is 11.5 Å². The highest BCUT2D eigenvalue weighted by Crippen LogP contribution is 2.32. The summed E-state index contributed by atoms with van der Waals surface area (Å²) in [6.07, 6.45) is 0. The number of aromatic nitrogens is 3. The molecule has 0 fully saturated rings. The number of ether oxygens (including phenoxy) is 2. The standard InChI is InChI=1S/C15H15N5O3S2/c1-8-19-20-15(25-8)18-13(21)11-7-24-14(17-11)16-10-5-4-9(22-2)6-12(10)23-3/h4-7H,1-3H3,(H,16,17)(H,18,20,21). The monoisotopic (exact) mass is 377 g/mol. The van der Waals surface area contributed by atoms with E-state index in [1.165, 1.54) is 22.7 Å². The third-order valence-electron chi connectivity index (χ3n) is 3.13. The second-order valence-electron chi connectivity index (χ2n) is 4.81. The molecule has 25 heavy (non-hydrogen) atoms. The van der Waals surface area contributed by atoms with E-state index in [2.05, 4.69) is 25.8 Å². The van der Waals surface area contributed by atoms with Gasteiger partial charge in [-0.3, -0.25) is 10.1 Å². The predicted molar refractivity (Wildman–Crippen MR) is 97.5 cm³/mol. The molecule has 0 aliphatic rings. The molecule has 0 radical (unpaired) electrons. The number of aryl methyl sites for hydroxylation is 1. The largest absolute Gasteiger partial charge is 0.497 e. The number of nitrogens with one attached hydrogen (secondary N) is 2. The van der Waals surface area contributed by atoms with Gasteiger partial charge in [0.25, 0.3) is 5.91 Å². The van der Waals surface area contributed by atoms with Gasteiger partial charge < -0.3 is 14.8 Å². The van der Waals surface area contributed by atoms with Crippen LogP contribution in [0.1, 0.15) is 15.5 Å². The number of carbonyl (C=O) groups excluding carboxylic acids is 1. The van der Waals surface area contributed by atoms with Crippen LogP contribution in [0.15, 0.2) is 23.6 Å². The number of hydrogen-bond acceptors (Lipinski definition) is 9. The first-order valence-corrected chi connectivity index (χ1v) is 8.84. The minimum absolute atomic E-state index is 0.299. The second-order valence-corrected chi connectivity index (χ2v) is 6.85. The highest BCUT2D eigenvalue weighted by atomic mass is 32.1. The Balaban J connectivity index is 1.72. The van der Waals surface area contributed by atoms with Crippen molar-refractivity contribution in [2.24, 2.45) is 0 Å². The van der Waals surface area contributed by atoms with Crippen LogP contribution in [0.2, 0.25) is 0 Å². The van der Waals surface area contributed by atoms with Gasteiger partial charge in [0.2, 0.25) is 5.13 Å². The molecule has 2 N–H and O–H groups in total. The van der Waals surface area contributed by atoms with Crippen LogP contribution in [0.25, 0.3) is 0 Å². The predicted octanol–water partition coefficient (Wildman–Crippen LogP) is 3.32. The van der Waals surface area contributed by atoms with Gasteiger partial charge >= 0.3 is 0 Å². The number of hydrogen-bond donors (Lipinski definition) is 2. The highest BCUT2D eigenvalue weighted by molar-refractivity contribution is 7.15. The molecule has 1 amide bonds. The van der Waals surface area contributed by atoms with Gasteiger partial charge in [0.15, 0.2) is 5.13 Å². The van der Waals surface area contributed by atoms with E-state index in [1.54, 1.807) is 25.7 Å². The van der Waals surface area contributed by atoms with Crippen molar-refractivity contribution in [3.05, 3.63) is 34.3 Å². The molecule has 0 bridgehead atoms. The smallest absolute Gasteiger partial charge is 0.277 e. The summed E-state index contributed by atoms with van der Waals surface area (Å²) in [5.74, 6) is 0.973. The zero-order chi connectivity index (χ0) is 17.8. The number of benzene rings is 1. The Morgan fingerprint density at radius 1 is 1.16 bits per heavy atom. The summed E-state index contributed by atoms with van der Waals surface area (Å²) < 4.78 is 10.5. The van der Waals surface area contributed by atoms with Crippen LogP contribution < -0.4 is 20.1 Å². The molecular formula is C15H15N5O3S2. The molecule has 0 spiro atoms. The molecule has 10 heteroatoms. The molecule has 0 atom stereocenters. The summed E-state index contributed by atoms with van der Waals surface area (Å²) in [5.41, 5.74) is 1.03. The first-order valence-electron chi connectivity index (χ1n) is 7.15. The third-order valence-corrected chi connectivity index (χ3v) is 4.65. The molecule has 3 rings (SSSR count). The van der Waals surface area contributed by atoms with E-state index in [-0.39, 0.29) is 5.91 Å². The normalized spacial score (nSPS) is 10.4. The van der Waals surface area contributed by atoms with Crippen molar-refractivity contribution in [2.75, 3.05) is 24.9 Å². The van der Waals surface area contributed by atoms with E-state index >= 15 is 0 Å². The van der Waals surface area contributed by atoms with Crippen LogP contribution >= 0.6 is 22.7 Å². The van der Waals surface area contributed by atoms with Crippen molar-refractivity contribution in [1.82, 2.24) is 15.2 Å². The van der Waals surface area contributed by atoms with Crippen LogP contribution in [0.4, 0.5) is 16.0 Å². The van der Waals surface area contributed by atoms with Crippen LogP contribution in [-0.4, -0.2) is 35.3 Å². The number of amides is 1. The van der Waals surface area contributed by atoms with Crippen molar-refractivity contribution in [1.29, 1.82) is 0 Å². The second kappa shape index (κ2) is 7.45. The highest BCUT2D eigenvalue weighted by Gasteiger charge is 2.14. The van der Waals surface area contributed by atoms with Gasteiger partial charge in [-0.05, 0) is 19.1 Å². The van der Waals surface area contributed by atoms with Gasteiger partial charge in [-0.2, -0.15) is 0 Å². The Labute approximate surface area is 151 Å². The van der Waals surface area contributed by atoms with Gasteiger partial charge in [-0.25, -0.2) is 4.98 Å². The summed E-state index contributed by atoms with van der Waals surface area (Å²) in [5, 5.41) is 17.0. The van der Waals surface area contributed by atoms with Crippen molar-refractivity contribution in [2.45, 2.75) is 6.92 Å². The van der Waals surface area contributed by atoms with Crippen LogP contribution in [0.3, 0.4) is 0 Å². The summed E-state index contributed by atoms with van der Waals surface area (Å²) >= 11 is 2.62. The Bertz CT molecular complexity index is 893. The molecule has 0 aliphatic carbocycles. The van der Waals surface area contributed by atoms with E-state index in [0.717, 1.165) is 10.7 Å². The molecule has 130 valence electrons. The first kappa shape index (κ1) is 17.1. The minimum atomic E-state index is -0.331. The molecule has 0 saturated heterocycles. The van der Waals surface area contributed by atoms with E-state index in [4.69, 9.17) is 9.47 Å². The van der Waals surface area contributed by atoms with Gasteiger partial charge in [-0.15, -0.1) is 21.5 Å². The van der Waals surface area contributed by atoms with Crippen LogP contribution in [0, 0.1) is 6.92 Å². The summed E-state index contributed by atoms with van der Waals surface area (Å²) in [4.78, 5) is 16.5. The topological polar surface area (TPSA) is 98.3 Å². The number of nitrogens with zero attached hydrogens (tertiary/aromatic N) is 3. The third kappa shape index (κ3) is 4.03. The fourth-order valence-electron chi connectivity index (χ4n) is 1.96. The van der Waals surface area contributed by atoms with Gasteiger partial charge in [0, 0.05) is 11.4 Å². The maximum atomic E-state index is 12.2. The van der Waals surface area contributed by atoms with E-state index in [9.17, 15) is 4.79 Å². The molecule has 0 saturated carbocycles. The van der Waals surface area contributed by atoms with E-state index in [0.29, 0.717) is 27.5 Å². The maximum Gasteiger partial charge on any atom is 0.277 e. The van der Waals surface area contributed by atoms with Crippen molar-refractivity contribution in [3.63, 3.8) is 0 Å². The SMILES string of the molecule is COc1ccc(Nc2nc(C(=O)Nc3nnc(C)s3)cs2)c(OC)c1. The lowest BCUT2D eigenvalue weighted by molar-refractivity contribution is 0.102. The average molecular weight is 377 g/mol. The lowest BCUT2D eigenvalue weighted by Crippen LogP contribution is -2.12. The fourth-order valence-corrected chi connectivity index (χ4v) is 3.25. The van der Waals surface area contributed by atoms with Gasteiger partial charge in [0.05, 0.1) is 19.9 Å². The zero-order valence-electron chi connectivity index (χ0n) is 13.7. The number of carbonyl (C=O) groups is 1. The first-order chi connectivity index (χ1) is 12.1. The Hall–Kier alpha value is -2.72. The molecule has 2 aromatic heterocycles. The van der Waals surface area contributed by atoms with Crippen molar-refractivity contribution < 1.29 is 14.3 Å². The maximum absolute atomic E-state index is 12.2. The lowest BCUT2D eigenvalue weighted by atomic mass is 10.3. The molecule has 8 nitrogen and oxygen atoms in total. The molecule has 2 heterocycles. The van der Waals surface area contributed by atoms with E-state index in [1.807, 2.05) is 19.1 Å². The molecule has 3 aromatic rings. The minimum Gasteiger partial charge on any atom is -0.497 e. The van der Waals surface area contributed by atoms with Crippen molar-refractivity contribution >= 4 is 44.5 Å². The Morgan fingerprint density at radius 3 is 2.68 bits per heavy atom. The molecule has 0 unspecified atom stereocenters. The Kier molecular flexibility index (Phi) is 5.10. The van der Waals surface area contributed by atoms with Crippen LogP contribution in [0.5, 0.6) is 11.5 Å². The number of thiazole rings is 1. The molecule has 1 aromatic carbocycles. The Morgan fingerprint density at radius 2 is 2.00 bits per heavy atom. The van der Waals surface area contributed by atoms with Gasteiger partial charge in [-0.1, -0.05) is 11.3 Å². The lowest BCUT2D eigenvalue weighted by Gasteiger charge is -2.10.